The molecule has 0 aliphatic carbocycles. The Hall–Kier alpha value is -1.80. The van der Waals surface area contributed by atoms with Crippen LogP contribution >= 0.6 is 0 Å². The van der Waals surface area contributed by atoms with E-state index in [1.165, 1.54) is 6.42 Å². The number of nitrogens with one attached hydrogen (secondary N) is 1. The molecule has 2 rings (SSSR count). The van der Waals surface area contributed by atoms with Gasteiger partial charge in [0.1, 0.15) is 5.82 Å². The van der Waals surface area contributed by atoms with E-state index in [4.69, 9.17) is 6.42 Å². The highest BCUT2D eigenvalue weighted by molar-refractivity contribution is 5.81. The average Bonchev–Trinajstić information content (AvgIpc) is 2.89. The van der Waals surface area contributed by atoms with E-state index in [1.54, 1.807) is 0 Å². The maximum absolute atomic E-state index is 12.0. The van der Waals surface area contributed by atoms with Gasteiger partial charge in [0, 0.05) is 32.4 Å². The quantitative estimate of drug-likeness (QED) is 0.816. The van der Waals surface area contributed by atoms with Gasteiger partial charge in [0.15, 0.2) is 0 Å². The summed E-state index contributed by atoms with van der Waals surface area (Å²) in [5.41, 5.74) is 0. The van der Waals surface area contributed by atoms with Crippen LogP contribution < -0.4 is 5.32 Å². The molecule has 5 nitrogen and oxygen atoms in total. The van der Waals surface area contributed by atoms with Crippen molar-refractivity contribution in [2.24, 2.45) is 13.0 Å². The number of rotatable bonds is 5. The summed E-state index contributed by atoms with van der Waals surface area (Å²) in [6.45, 7) is 4.17. The van der Waals surface area contributed by atoms with Crippen molar-refractivity contribution in [2.75, 3.05) is 19.6 Å². The highest BCUT2D eigenvalue weighted by Crippen LogP contribution is 2.21. The molecule has 0 spiro atoms. The van der Waals surface area contributed by atoms with Gasteiger partial charge in [-0.25, -0.2) is 4.98 Å². The van der Waals surface area contributed by atoms with Crippen molar-refractivity contribution in [3.8, 4) is 12.3 Å². The molecule has 21 heavy (non-hydrogen) atoms. The number of amides is 1. The van der Waals surface area contributed by atoms with E-state index < -0.39 is 0 Å². The van der Waals surface area contributed by atoms with Crippen LogP contribution in [0.1, 0.15) is 25.6 Å². The van der Waals surface area contributed by atoms with Gasteiger partial charge < -0.3 is 9.88 Å². The summed E-state index contributed by atoms with van der Waals surface area (Å²) >= 11 is 0. The first kappa shape index (κ1) is 15.6. The Morgan fingerprint density at radius 3 is 3.14 bits per heavy atom. The number of aryl methyl sites for hydroxylation is 1. The highest BCUT2D eigenvalue weighted by atomic mass is 16.2. The molecule has 1 saturated heterocycles. The smallest absolute Gasteiger partial charge is 0.237 e. The number of hydrogen-bond acceptors (Lipinski definition) is 3. The highest BCUT2D eigenvalue weighted by Gasteiger charge is 2.27. The van der Waals surface area contributed by atoms with Crippen LogP contribution in [0.15, 0.2) is 12.4 Å². The molecule has 1 aliphatic rings. The fourth-order valence-electron chi connectivity index (χ4n) is 2.92. The Morgan fingerprint density at radius 2 is 2.48 bits per heavy atom. The van der Waals surface area contributed by atoms with Crippen LogP contribution in [0.5, 0.6) is 0 Å². The van der Waals surface area contributed by atoms with Crippen molar-refractivity contribution >= 4 is 5.91 Å². The van der Waals surface area contributed by atoms with Gasteiger partial charge in [0.25, 0.3) is 0 Å². The van der Waals surface area contributed by atoms with Gasteiger partial charge in [-0.1, -0.05) is 5.92 Å². The second-order valence-electron chi connectivity index (χ2n) is 5.76. The zero-order valence-corrected chi connectivity index (χ0v) is 12.9. The minimum Gasteiger partial charge on any atom is -0.344 e. The summed E-state index contributed by atoms with van der Waals surface area (Å²) in [7, 11) is 2.03. The molecule has 1 N–H and O–H groups in total. The molecule has 0 unspecified atom stereocenters. The Bertz CT molecular complexity index is 517. The van der Waals surface area contributed by atoms with Crippen molar-refractivity contribution < 1.29 is 4.79 Å². The molecule has 114 valence electrons. The Kier molecular flexibility index (Phi) is 5.40. The molecule has 5 heteroatoms. The van der Waals surface area contributed by atoms with Gasteiger partial charge >= 0.3 is 0 Å². The van der Waals surface area contributed by atoms with Crippen molar-refractivity contribution in [2.45, 2.75) is 32.2 Å². The SMILES string of the molecule is C#CCNC(=O)[C@H](C)N1CCC[C@H](Cc2nccn2C)C1. The molecule has 1 aliphatic heterocycles. The first-order valence-electron chi connectivity index (χ1n) is 7.53. The zero-order chi connectivity index (χ0) is 15.2. The monoisotopic (exact) mass is 288 g/mol. The minimum atomic E-state index is -0.123. The molecule has 1 aromatic rings. The molecule has 0 saturated carbocycles. The summed E-state index contributed by atoms with van der Waals surface area (Å²) in [6, 6.07) is -0.123. The van der Waals surface area contributed by atoms with Gasteiger partial charge in [-0.3, -0.25) is 9.69 Å². The van der Waals surface area contributed by atoms with Crippen molar-refractivity contribution in [3.63, 3.8) is 0 Å². The third-order valence-electron chi connectivity index (χ3n) is 4.23. The summed E-state index contributed by atoms with van der Waals surface area (Å²) in [5, 5.41) is 2.77. The fraction of sp³-hybridized carbons (Fsp3) is 0.625. The number of hydrogen-bond donors (Lipinski definition) is 1. The summed E-state index contributed by atoms with van der Waals surface area (Å²) < 4.78 is 2.07. The van der Waals surface area contributed by atoms with Crippen LogP contribution in [-0.4, -0.2) is 46.0 Å². The number of terminal acetylenes is 1. The van der Waals surface area contributed by atoms with Crippen LogP contribution in [0.2, 0.25) is 0 Å². The number of nitrogens with zero attached hydrogens (tertiary/aromatic N) is 3. The van der Waals surface area contributed by atoms with Gasteiger partial charge in [-0.15, -0.1) is 6.42 Å². The van der Waals surface area contributed by atoms with Crippen LogP contribution in [0.4, 0.5) is 0 Å². The minimum absolute atomic E-state index is 0.0191. The summed E-state index contributed by atoms with van der Waals surface area (Å²) in [5.74, 6) is 4.13. The molecular formula is C16H24N4O. The number of likely N-dealkylation sites (tertiary alicyclic amines) is 1. The number of aromatic nitrogens is 2. The van der Waals surface area contributed by atoms with Crippen molar-refractivity contribution in [1.29, 1.82) is 0 Å². The molecule has 0 aromatic carbocycles. The Morgan fingerprint density at radius 1 is 1.67 bits per heavy atom. The molecule has 1 aromatic heterocycles. The number of carbonyl (C=O) groups excluding carboxylic acids is 1. The van der Waals surface area contributed by atoms with Gasteiger partial charge in [-0.05, 0) is 32.2 Å². The second kappa shape index (κ2) is 7.28. The molecule has 0 radical (unpaired) electrons. The first-order chi connectivity index (χ1) is 10.1. The molecule has 1 fully saturated rings. The Labute approximate surface area is 126 Å². The lowest BCUT2D eigenvalue weighted by atomic mass is 9.93. The molecule has 0 bridgehead atoms. The van der Waals surface area contributed by atoms with E-state index in [0.29, 0.717) is 12.5 Å². The van der Waals surface area contributed by atoms with Crippen LogP contribution in [0.25, 0.3) is 0 Å². The maximum Gasteiger partial charge on any atom is 0.237 e. The second-order valence-corrected chi connectivity index (χ2v) is 5.76. The van der Waals surface area contributed by atoms with Gasteiger partial charge in [-0.2, -0.15) is 0 Å². The van der Waals surface area contributed by atoms with E-state index in [2.05, 4.69) is 25.7 Å². The zero-order valence-electron chi connectivity index (χ0n) is 12.9. The number of imidazole rings is 1. The van der Waals surface area contributed by atoms with Crippen molar-refractivity contribution in [3.05, 3.63) is 18.2 Å². The van der Waals surface area contributed by atoms with Crippen LogP contribution in [-0.2, 0) is 18.3 Å². The van der Waals surface area contributed by atoms with Crippen LogP contribution in [0.3, 0.4) is 0 Å². The Balaban J connectivity index is 1.90. The molecule has 2 heterocycles. The summed E-state index contributed by atoms with van der Waals surface area (Å²) in [6.07, 6.45) is 12.3. The maximum atomic E-state index is 12.0. The number of carbonyl (C=O) groups is 1. The average molecular weight is 288 g/mol. The predicted molar refractivity (Wildman–Crippen MR) is 82.5 cm³/mol. The van der Waals surface area contributed by atoms with Gasteiger partial charge in [0.05, 0.1) is 12.6 Å². The van der Waals surface area contributed by atoms with Crippen molar-refractivity contribution in [1.82, 2.24) is 19.8 Å². The largest absolute Gasteiger partial charge is 0.344 e. The fourth-order valence-corrected chi connectivity index (χ4v) is 2.92. The van der Waals surface area contributed by atoms with E-state index in [0.717, 1.165) is 31.8 Å². The normalized spacial score (nSPS) is 20.7. The number of piperidine rings is 1. The molecular weight excluding hydrogens is 264 g/mol. The summed E-state index contributed by atoms with van der Waals surface area (Å²) in [4.78, 5) is 18.7. The topological polar surface area (TPSA) is 50.2 Å². The van der Waals surface area contributed by atoms with E-state index in [-0.39, 0.29) is 11.9 Å². The predicted octanol–water partition coefficient (Wildman–Crippen LogP) is 0.812. The molecule has 2 atom stereocenters. The van der Waals surface area contributed by atoms with E-state index >= 15 is 0 Å². The third kappa shape index (κ3) is 4.08. The lowest BCUT2D eigenvalue weighted by Crippen LogP contribution is -2.49. The van der Waals surface area contributed by atoms with Gasteiger partial charge in [0.2, 0.25) is 5.91 Å². The standard InChI is InChI=1S/C16H24N4O/c1-4-7-18-16(21)13(2)20-9-5-6-14(12-20)11-15-17-8-10-19(15)3/h1,8,10,13-14H,5-7,9,11-12H2,2-3H3,(H,18,21)/t13-,14+/m0/s1. The first-order valence-corrected chi connectivity index (χ1v) is 7.53. The lowest BCUT2D eigenvalue weighted by molar-refractivity contribution is -0.126. The van der Waals surface area contributed by atoms with E-state index in [9.17, 15) is 4.79 Å². The molecule has 1 amide bonds. The van der Waals surface area contributed by atoms with Crippen LogP contribution in [0, 0.1) is 18.3 Å². The lowest BCUT2D eigenvalue weighted by Gasteiger charge is -2.36. The van der Waals surface area contributed by atoms with E-state index in [1.807, 2.05) is 26.4 Å². The third-order valence-corrected chi connectivity index (χ3v) is 4.23.